The smallest absolute Gasteiger partial charge is 0.123 e. The second-order valence-corrected chi connectivity index (χ2v) is 3.67. The van der Waals surface area contributed by atoms with Gasteiger partial charge in [-0.1, -0.05) is 13.8 Å². The maximum Gasteiger partial charge on any atom is 0.123 e. The van der Waals surface area contributed by atoms with Crippen molar-refractivity contribution in [1.29, 1.82) is 0 Å². The summed E-state index contributed by atoms with van der Waals surface area (Å²) in [6, 6.07) is 0. The van der Waals surface area contributed by atoms with Gasteiger partial charge in [-0.15, -0.1) is 0 Å². The highest BCUT2D eigenvalue weighted by Crippen LogP contribution is 2.23. The maximum atomic E-state index is 12.9. The molecule has 1 aliphatic heterocycles. The van der Waals surface area contributed by atoms with Crippen LogP contribution in [-0.4, -0.2) is 15.7 Å². The standard InChI is InChI=1S/C9H13FN2/c1-6(2)9-11-4-8-3-7(10)5-12(8)9/h4,6-7H,3,5H2,1-2H3/t7-/m0/s1. The van der Waals surface area contributed by atoms with Crippen LogP contribution in [0.15, 0.2) is 6.20 Å². The van der Waals surface area contributed by atoms with E-state index >= 15 is 0 Å². The number of nitrogens with zero attached hydrogens (tertiary/aromatic N) is 2. The third-order valence-electron chi connectivity index (χ3n) is 2.30. The van der Waals surface area contributed by atoms with Crippen molar-refractivity contribution in [2.45, 2.75) is 38.9 Å². The maximum absolute atomic E-state index is 12.9. The third-order valence-corrected chi connectivity index (χ3v) is 2.30. The van der Waals surface area contributed by atoms with Gasteiger partial charge in [-0.3, -0.25) is 0 Å². The summed E-state index contributed by atoms with van der Waals surface area (Å²) in [6.45, 7) is 4.67. The molecule has 1 aliphatic rings. The van der Waals surface area contributed by atoms with Crippen molar-refractivity contribution in [3.05, 3.63) is 17.7 Å². The van der Waals surface area contributed by atoms with Crippen LogP contribution in [0.25, 0.3) is 0 Å². The summed E-state index contributed by atoms with van der Waals surface area (Å²) in [6.07, 6.45) is 1.65. The van der Waals surface area contributed by atoms with Crippen LogP contribution in [0.3, 0.4) is 0 Å². The zero-order valence-electron chi connectivity index (χ0n) is 7.42. The van der Waals surface area contributed by atoms with Crippen molar-refractivity contribution in [2.24, 2.45) is 0 Å². The molecule has 1 atom stereocenters. The van der Waals surface area contributed by atoms with Crippen molar-refractivity contribution in [3.8, 4) is 0 Å². The van der Waals surface area contributed by atoms with E-state index in [9.17, 15) is 4.39 Å². The molecule has 0 saturated heterocycles. The molecule has 0 unspecified atom stereocenters. The van der Waals surface area contributed by atoms with Crippen LogP contribution in [0.1, 0.15) is 31.3 Å². The van der Waals surface area contributed by atoms with Crippen LogP contribution >= 0.6 is 0 Å². The molecule has 0 amide bonds. The second-order valence-electron chi connectivity index (χ2n) is 3.67. The Balaban J connectivity index is 2.37. The molecule has 0 radical (unpaired) electrons. The van der Waals surface area contributed by atoms with Crippen LogP contribution in [0.4, 0.5) is 4.39 Å². The van der Waals surface area contributed by atoms with Crippen LogP contribution in [0.5, 0.6) is 0 Å². The minimum atomic E-state index is -0.694. The molecule has 0 N–H and O–H groups in total. The monoisotopic (exact) mass is 168 g/mol. The lowest BCUT2D eigenvalue weighted by atomic mass is 10.2. The molecular weight excluding hydrogens is 155 g/mol. The Morgan fingerprint density at radius 2 is 2.42 bits per heavy atom. The topological polar surface area (TPSA) is 17.8 Å². The molecule has 2 rings (SSSR count). The van der Waals surface area contributed by atoms with Crippen molar-refractivity contribution < 1.29 is 4.39 Å². The number of rotatable bonds is 1. The van der Waals surface area contributed by atoms with Gasteiger partial charge >= 0.3 is 0 Å². The summed E-state index contributed by atoms with van der Waals surface area (Å²) < 4.78 is 15.0. The summed E-state index contributed by atoms with van der Waals surface area (Å²) in [7, 11) is 0. The Morgan fingerprint density at radius 3 is 3.08 bits per heavy atom. The molecule has 0 aromatic carbocycles. The number of imidazole rings is 1. The first-order valence-electron chi connectivity index (χ1n) is 4.37. The predicted molar refractivity (Wildman–Crippen MR) is 44.9 cm³/mol. The Kier molecular flexibility index (Phi) is 1.67. The predicted octanol–water partition coefficient (Wildman–Crippen LogP) is 1.90. The van der Waals surface area contributed by atoms with Crippen molar-refractivity contribution in [2.75, 3.05) is 0 Å². The first kappa shape index (κ1) is 7.77. The van der Waals surface area contributed by atoms with Gasteiger partial charge in [-0.05, 0) is 0 Å². The highest BCUT2D eigenvalue weighted by Gasteiger charge is 2.24. The number of hydrogen-bond donors (Lipinski definition) is 0. The molecule has 1 aromatic heterocycles. The second kappa shape index (κ2) is 2.57. The average molecular weight is 168 g/mol. The van der Waals surface area contributed by atoms with Crippen LogP contribution in [-0.2, 0) is 13.0 Å². The van der Waals surface area contributed by atoms with Gasteiger partial charge in [-0.25, -0.2) is 9.37 Å². The Labute approximate surface area is 71.4 Å². The molecule has 0 saturated carbocycles. The lowest BCUT2D eigenvalue weighted by Crippen LogP contribution is -2.07. The lowest BCUT2D eigenvalue weighted by Gasteiger charge is -2.06. The fourth-order valence-corrected chi connectivity index (χ4v) is 1.75. The summed E-state index contributed by atoms with van der Waals surface area (Å²) in [4.78, 5) is 4.27. The number of aromatic nitrogens is 2. The highest BCUT2D eigenvalue weighted by molar-refractivity contribution is 5.13. The number of alkyl halides is 1. The van der Waals surface area contributed by atoms with Gasteiger partial charge in [0, 0.05) is 24.2 Å². The van der Waals surface area contributed by atoms with Crippen LogP contribution in [0.2, 0.25) is 0 Å². The zero-order chi connectivity index (χ0) is 8.72. The van der Waals surface area contributed by atoms with E-state index in [1.807, 2.05) is 4.57 Å². The molecule has 2 heterocycles. The number of fused-ring (bicyclic) bond motifs is 1. The minimum Gasteiger partial charge on any atom is -0.329 e. The average Bonchev–Trinajstić information content (AvgIpc) is 2.43. The molecule has 12 heavy (non-hydrogen) atoms. The van der Waals surface area contributed by atoms with Gasteiger partial charge in [0.1, 0.15) is 12.0 Å². The van der Waals surface area contributed by atoms with Gasteiger partial charge in [-0.2, -0.15) is 0 Å². The largest absolute Gasteiger partial charge is 0.329 e. The number of hydrogen-bond acceptors (Lipinski definition) is 1. The van der Waals surface area contributed by atoms with Crippen LogP contribution in [0, 0.1) is 0 Å². The van der Waals surface area contributed by atoms with E-state index in [1.165, 1.54) is 0 Å². The molecule has 0 bridgehead atoms. The van der Waals surface area contributed by atoms with Crippen molar-refractivity contribution >= 4 is 0 Å². The van der Waals surface area contributed by atoms with E-state index in [4.69, 9.17) is 0 Å². The van der Waals surface area contributed by atoms with Crippen LogP contribution < -0.4 is 0 Å². The minimum absolute atomic E-state index is 0.393. The summed E-state index contributed by atoms with van der Waals surface area (Å²) in [5.74, 6) is 1.41. The fraction of sp³-hybridized carbons (Fsp3) is 0.667. The van der Waals surface area contributed by atoms with Gasteiger partial charge in [0.2, 0.25) is 0 Å². The van der Waals surface area contributed by atoms with E-state index < -0.39 is 6.17 Å². The summed E-state index contributed by atoms with van der Waals surface area (Å²) in [5, 5.41) is 0. The van der Waals surface area contributed by atoms with E-state index in [0.717, 1.165) is 11.5 Å². The Hall–Kier alpha value is -0.860. The molecule has 2 nitrogen and oxygen atoms in total. The summed E-state index contributed by atoms with van der Waals surface area (Å²) >= 11 is 0. The normalized spacial score (nSPS) is 21.8. The third kappa shape index (κ3) is 1.04. The van der Waals surface area contributed by atoms with E-state index in [2.05, 4.69) is 18.8 Å². The lowest BCUT2D eigenvalue weighted by molar-refractivity contribution is 0.325. The van der Waals surface area contributed by atoms with Gasteiger partial charge in [0.25, 0.3) is 0 Å². The molecule has 0 spiro atoms. The van der Waals surface area contributed by atoms with Crippen molar-refractivity contribution in [1.82, 2.24) is 9.55 Å². The Morgan fingerprint density at radius 1 is 1.67 bits per heavy atom. The molecule has 0 aliphatic carbocycles. The number of halogens is 1. The first-order valence-corrected chi connectivity index (χ1v) is 4.37. The highest BCUT2D eigenvalue weighted by atomic mass is 19.1. The molecular formula is C9H13FN2. The van der Waals surface area contributed by atoms with Gasteiger partial charge in [0.05, 0.1) is 6.54 Å². The molecule has 3 heteroatoms. The van der Waals surface area contributed by atoms with E-state index in [1.54, 1.807) is 6.20 Å². The SMILES string of the molecule is CC(C)c1ncc2n1C[C@@H](F)C2. The molecule has 66 valence electrons. The fourth-order valence-electron chi connectivity index (χ4n) is 1.75. The van der Waals surface area contributed by atoms with E-state index in [-0.39, 0.29) is 0 Å². The zero-order valence-corrected chi connectivity index (χ0v) is 7.42. The van der Waals surface area contributed by atoms with Gasteiger partial charge < -0.3 is 4.57 Å². The Bertz CT molecular complexity index is 291. The van der Waals surface area contributed by atoms with Crippen molar-refractivity contribution in [3.63, 3.8) is 0 Å². The first-order chi connectivity index (χ1) is 5.68. The van der Waals surface area contributed by atoms with E-state index in [0.29, 0.717) is 18.9 Å². The van der Waals surface area contributed by atoms with Gasteiger partial charge in [0.15, 0.2) is 0 Å². The molecule has 1 aromatic rings. The quantitative estimate of drug-likeness (QED) is 0.626. The molecule has 0 fully saturated rings. The summed E-state index contributed by atoms with van der Waals surface area (Å²) in [5.41, 5.74) is 1.05.